The summed E-state index contributed by atoms with van der Waals surface area (Å²) >= 11 is 0. The molecule has 1 atom stereocenters. The summed E-state index contributed by atoms with van der Waals surface area (Å²) in [5.74, 6) is -0.766. The van der Waals surface area contributed by atoms with Crippen molar-refractivity contribution in [1.29, 1.82) is 0 Å². The predicted molar refractivity (Wildman–Crippen MR) is 62.0 cm³/mol. The van der Waals surface area contributed by atoms with Crippen molar-refractivity contribution in [1.82, 2.24) is 9.97 Å². The molecule has 2 aromatic rings. The van der Waals surface area contributed by atoms with Crippen molar-refractivity contribution < 1.29 is 9.50 Å². The standard InChI is InChI=1S/C12H12FN3O/c1-7(10-5-16-12(14)6-15-10)8-2-3-11(17)9(13)4-8/h2-7,17H,1H3,(H2,14,16). The van der Waals surface area contributed by atoms with E-state index in [1.165, 1.54) is 18.3 Å². The summed E-state index contributed by atoms with van der Waals surface area (Å²) in [6.07, 6.45) is 3.02. The zero-order valence-electron chi connectivity index (χ0n) is 9.26. The quantitative estimate of drug-likeness (QED) is 0.832. The first-order valence-corrected chi connectivity index (χ1v) is 5.13. The van der Waals surface area contributed by atoms with Gasteiger partial charge in [0.05, 0.1) is 18.1 Å². The molecular weight excluding hydrogens is 221 g/mol. The monoisotopic (exact) mass is 233 g/mol. The minimum Gasteiger partial charge on any atom is -0.505 e. The molecule has 0 amide bonds. The molecule has 0 radical (unpaired) electrons. The molecule has 0 saturated carbocycles. The molecule has 1 aromatic heterocycles. The number of rotatable bonds is 2. The Balaban J connectivity index is 2.33. The first-order chi connectivity index (χ1) is 8.08. The molecule has 0 aliphatic carbocycles. The molecule has 3 N–H and O–H groups in total. The largest absolute Gasteiger partial charge is 0.505 e. The zero-order chi connectivity index (χ0) is 12.4. The Kier molecular flexibility index (Phi) is 2.91. The highest BCUT2D eigenvalue weighted by Crippen LogP contribution is 2.25. The average Bonchev–Trinajstić information content (AvgIpc) is 2.33. The number of phenols is 1. The number of nitrogens with zero attached hydrogens (tertiary/aromatic N) is 2. The molecule has 0 bridgehead atoms. The number of nitrogens with two attached hydrogens (primary N) is 1. The number of hydrogen-bond donors (Lipinski definition) is 2. The molecule has 1 unspecified atom stereocenters. The fraction of sp³-hybridized carbons (Fsp3) is 0.167. The van der Waals surface area contributed by atoms with Gasteiger partial charge in [-0.25, -0.2) is 9.37 Å². The number of halogens is 1. The maximum atomic E-state index is 13.2. The van der Waals surface area contributed by atoms with Crippen molar-refractivity contribution in [2.75, 3.05) is 5.73 Å². The normalized spacial score (nSPS) is 12.4. The van der Waals surface area contributed by atoms with Gasteiger partial charge in [-0.15, -0.1) is 0 Å². The summed E-state index contributed by atoms with van der Waals surface area (Å²) in [4.78, 5) is 8.07. The first-order valence-electron chi connectivity index (χ1n) is 5.13. The van der Waals surface area contributed by atoms with Gasteiger partial charge in [-0.05, 0) is 17.7 Å². The second-order valence-corrected chi connectivity index (χ2v) is 3.80. The second-order valence-electron chi connectivity index (χ2n) is 3.80. The van der Waals surface area contributed by atoms with E-state index in [-0.39, 0.29) is 11.7 Å². The number of nitrogen functional groups attached to an aromatic ring is 1. The van der Waals surface area contributed by atoms with Crippen LogP contribution in [0.3, 0.4) is 0 Å². The predicted octanol–water partition coefficient (Wildman–Crippen LogP) is 2.06. The van der Waals surface area contributed by atoms with Gasteiger partial charge in [-0.2, -0.15) is 0 Å². The summed E-state index contributed by atoms with van der Waals surface area (Å²) in [5.41, 5.74) is 6.86. The second kappa shape index (κ2) is 4.37. The van der Waals surface area contributed by atoms with Crippen LogP contribution in [0.15, 0.2) is 30.6 Å². The third kappa shape index (κ3) is 2.33. The van der Waals surface area contributed by atoms with E-state index in [0.29, 0.717) is 11.5 Å². The highest BCUT2D eigenvalue weighted by atomic mass is 19.1. The zero-order valence-corrected chi connectivity index (χ0v) is 9.26. The van der Waals surface area contributed by atoms with Crippen molar-refractivity contribution in [3.8, 4) is 5.75 Å². The lowest BCUT2D eigenvalue weighted by atomic mass is 9.98. The van der Waals surface area contributed by atoms with Crippen molar-refractivity contribution >= 4 is 5.82 Å². The van der Waals surface area contributed by atoms with Crippen LogP contribution in [0.4, 0.5) is 10.2 Å². The summed E-state index contributed by atoms with van der Waals surface area (Å²) in [5, 5.41) is 9.11. The molecule has 1 aromatic carbocycles. The minimum atomic E-state index is -0.641. The molecule has 4 nitrogen and oxygen atoms in total. The lowest BCUT2D eigenvalue weighted by Gasteiger charge is -2.11. The SMILES string of the molecule is CC(c1ccc(O)c(F)c1)c1cnc(N)cn1. The molecule has 0 fully saturated rings. The fourth-order valence-corrected chi connectivity index (χ4v) is 1.53. The van der Waals surface area contributed by atoms with Crippen LogP contribution in [0.1, 0.15) is 24.1 Å². The van der Waals surface area contributed by atoms with Crippen LogP contribution in [-0.4, -0.2) is 15.1 Å². The lowest BCUT2D eigenvalue weighted by molar-refractivity contribution is 0.431. The number of phenolic OH excluding ortho intramolecular Hbond substituents is 1. The maximum absolute atomic E-state index is 13.2. The van der Waals surface area contributed by atoms with E-state index in [9.17, 15) is 4.39 Å². The van der Waals surface area contributed by atoms with E-state index < -0.39 is 5.82 Å². The van der Waals surface area contributed by atoms with E-state index in [0.717, 1.165) is 5.56 Å². The number of aromatic hydroxyl groups is 1. The van der Waals surface area contributed by atoms with Gasteiger partial charge in [-0.1, -0.05) is 13.0 Å². The molecule has 1 heterocycles. The van der Waals surface area contributed by atoms with Crippen LogP contribution in [0.5, 0.6) is 5.75 Å². The van der Waals surface area contributed by atoms with Gasteiger partial charge in [0, 0.05) is 5.92 Å². The number of benzene rings is 1. The topological polar surface area (TPSA) is 72.0 Å². The third-order valence-electron chi connectivity index (χ3n) is 2.61. The molecule has 0 saturated heterocycles. The fourth-order valence-electron chi connectivity index (χ4n) is 1.53. The van der Waals surface area contributed by atoms with Gasteiger partial charge in [-0.3, -0.25) is 4.98 Å². The summed E-state index contributed by atoms with van der Waals surface area (Å²) in [6.45, 7) is 1.88. The summed E-state index contributed by atoms with van der Waals surface area (Å²) in [7, 11) is 0. The van der Waals surface area contributed by atoms with Crippen molar-refractivity contribution in [2.45, 2.75) is 12.8 Å². The van der Waals surface area contributed by atoms with Crippen molar-refractivity contribution in [2.24, 2.45) is 0 Å². The van der Waals surface area contributed by atoms with Gasteiger partial charge < -0.3 is 10.8 Å². The van der Waals surface area contributed by atoms with Gasteiger partial charge in [0.1, 0.15) is 5.82 Å². The molecule has 88 valence electrons. The minimum absolute atomic E-state index is 0.113. The molecule has 2 rings (SSSR count). The van der Waals surface area contributed by atoms with Gasteiger partial charge in [0.15, 0.2) is 11.6 Å². The Morgan fingerprint density at radius 3 is 2.65 bits per heavy atom. The lowest BCUT2D eigenvalue weighted by Crippen LogP contribution is -2.02. The number of anilines is 1. The van der Waals surface area contributed by atoms with Gasteiger partial charge >= 0.3 is 0 Å². The third-order valence-corrected chi connectivity index (χ3v) is 2.61. The van der Waals surface area contributed by atoms with Gasteiger partial charge in [0.2, 0.25) is 0 Å². The van der Waals surface area contributed by atoms with E-state index >= 15 is 0 Å². The van der Waals surface area contributed by atoms with Gasteiger partial charge in [0.25, 0.3) is 0 Å². The van der Waals surface area contributed by atoms with E-state index in [4.69, 9.17) is 10.8 Å². The molecule has 0 aliphatic heterocycles. The van der Waals surface area contributed by atoms with Crippen LogP contribution in [0, 0.1) is 5.82 Å². The number of aromatic nitrogens is 2. The molecular formula is C12H12FN3O. The van der Waals surface area contributed by atoms with Crippen LogP contribution < -0.4 is 5.73 Å². The van der Waals surface area contributed by atoms with Crippen LogP contribution in [-0.2, 0) is 0 Å². The van der Waals surface area contributed by atoms with E-state index in [1.54, 1.807) is 12.3 Å². The van der Waals surface area contributed by atoms with Crippen LogP contribution in [0.25, 0.3) is 0 Å². The molecule has 5 heteroatoms. The molecule has 0 spiro atoms. The Labute approximate surface area is 98.0 Å². The van der Waals surface area contributed by atoms with Crippen LogP contribution in [0.2, 0.25) is 0 Å². The summed E-state index contributed by atoms with van der Waals surface area (Å²) in [6, 6.07) is 4.27. The molecule has 17 heavy (non-hydrogen) atoms. The van der Waals surface area contributed by atoms with E-state index in [1.807, 2.05) is 6.92 Å². The Morgan fingerprint density at radius 1 is 1.29 bits per heavy atom. The highest BCUT2D eigenvalue weighted by Gasteiger charge is 2.12. The first kappa shape index (κ1) is 11.3. The van der Waals surface area contributed by atoms with Crippen molar-refractivity contribution in [3.63, 3.8) is 0 Å². The molecule has 0 aliphatic rings. The Bertz CT molecular complexity index is 528. The van der Waals surface area contributed by atoms with Crippen LogP contribution >= 0.6 is 0 Å². The van der Waals surface area contributed by atoms with E-state index in [2.05, 4.69) is 9.97 Å². The Morgan fingerprint density at radius 2 is 2.06 bits per heavy atom. The Hall–Kier alpha value is -2.17. The highest BCUT2D eigenvalue weighted by molar-refractivity contribution is 5.34. The summed E-state index contributed by atoms with van der Waals surface area (Å²) < 4.78 is 13.2. The van der Waals surface area contributed by atoms with Crippen molar-refractivity contribution in [3.05, 3.63) is 47.7 Å². The maximum Gasteiger partial charge on any atom is 0.165 e. The average molecular weight is 233 g/mol. The number of hydrogen-bond acceptors (Lipinski definition) is 4. The smallest absolute Gasteiger partial charge is 0.165 e.